The number of ether oxygens (including phenoxy) is 1. The molecular weight excluding hydrogens is 392 g/mol. The van der Waals surface area contributed by atoms with Gasteiger partial charge < -0.3 is 14.5 Å². The van der Waals surface area contributed by atoms with Crippen LogP contribution in [-0.2, 0) is 4.79 Å². The van der Waals surface area contributed by atoms with Gasteiger partial charge >= 0.3 is 0 Å². The third kappa shape index (κ3) is 4.04. The van der Waals surface area contributed by atoms with Gasteiger partial charge in [-0.15, -0.1) is 0 Å². The largest absolute Gasteiger partial charge is 0.481 e. The topological polar surface area (TPSA) is 66.0 Å². The Kier molecular flexibility index (Phi) is 5.63. The normalized spacial score (nSPS) is 24.5. The maximum atomic E-state index is 13.0. The Morgan fingerprint density at radius 2 is 1.74 bits per heavy atom. The second kappa shape index (κ2) is 8.41. The lowest BCUT2D eigenvalue weighted by Gasteiger charge is -2.53. The summed E-state index contributed by atoms with van der Waals surface area (Å²) in [6, 6.07) is 4.23. The molecule has 3 heterocycles. The predicted molar refractivity (Wildman–Crippen MR) is 117 cm³/mol. The maximum Gasteiger partial charge on any atom is 0.254 e. The van der Waals surface area contributed by atoms with Crippen molar-refractivity contribution in [2.75, 3.05) is 46.4 Å². The lowest BCUT2D eigenvalue weighted by Crippen LogP contribution is -2.57. The number of piperidine rings is 1. The van der Waals surface area contributed by atoms with Crippen molar-refractivity contribution in [1.29, 1.82) is 0 Å². The summed E-state index contributed by atoms with van der Waals surface area (Å²) in [5.74, 6) is 1.09. The summed E-state index contributed by atoms with van der Waals surface area (Å²) in [6.07, 6.45) is 9.67. The SMILES string of the molecule is COc1cc(C(=O)N2CCC3(CC2)CC(C(=O)N2CCN(C4CCC4)CC2)C3)ccn1. The molecule has 0 aromatic carbocycles. The average Bonchev–Trinajstić information content (AvgIpc) is 2.76. The summed E-state index contributed by atoms with van der Waals surface area (Å²) in [5.41, 5.74) is 0.895. The highest BCUT2D eigenvalue weighted by Crippen LogP contribution is 2.53. The van der Waals surface area contributed by atoms with Crippen LogP contribution in [0.1, 0.15) is 55.3 Å². The van der Waals surface area contributed by atoms with Gasteiger partial charge in [0.15, 0.2) is 0 Å². The van der Waals surface area contributed by atoms with Crippen LogP contribution in [0.5, 0.6) is 5.88 Å². The molecule has 0 radical (unpaired) electrons. The maximum absolute atomic E-state index is 13.0. The summed E-state index contributed by atoms with van der Waals surface area (Å²) in [5, 5.41) is 0. The zero-order chi connectivity index (χ0) is 21.4. The molecule has 0 bridgehead atoms. The average molecular weight is 427 g/mol. The van der Waals surface area contributed by atoms with Crippen LogP contribution < -0.4 is 4.74 Å². The Hall–Kier alpha value is -2.15. The highest BCUT2D eigenvalue weighted by molar-refractivity contribution is 5.94. The molecule has 2 aliphatic heterocycles. The van der Waals surface area contributed by atoms with Crippen molar-refractivity contribution in [3.63, 3.8) is 0 Å². The second-order valence-electron chi connectivity index (χ2n) is 9.93. The van der Waals surface area contributed by atoms with E-state index in [-0.39, 0.29) is 17.2 Å². The summed E-state index contributed by atoms with van der Waals surface area (Å²) in [4.78, 5) is 36.6. The number of likely N-dealkylation sites (tertiary alicyclic amines) is 1. The first-order valence-electron chi connectivity index (χ1n) is 11.9. The first-order chi connectivity index (χ1) is 15.1. The summed E-state index contributed by atoms with van der Waals surface area (Å²) in [6.45, 7) is 5.43. The smallest absolute Gasteiger partial charge is 0.254 e. The molecule has 7 nitrogen and oxygen atoms in total. The molecule has 4 fully saturated rings. The molecule has 1 spiro atoms. The van der Waals surface area contributed by atoms with Gasteiger partial charge in [0, 0.05) is 69.1 Å². The van der Waals surface area contributed by atoms with Gasteiger partial charge in [-0.2, -0.15) is 0 Å². The van der Waals surface area contributed by atoms with Crippen molar-refractivity contribution >= 4 is 11.8 Å². The van der Waals surface area contributed by atoms with Crippen LogP contribution in [0.25, 0.3) is 0 Å². The highest BCUT2D eigenvalue weighted by atomic mass is 16.5. The van der Waals surface area contributed by atoms with Crippen LogP contribution in [0.2, 0.25) is 0 Å². The van der Waals surface area contributed by atoms with E-state index in [1.807, 2.05) is 4.90 Å². The van der Waals surface area contributed by atoms with Crippen LogP contribution in [0.15, 0.2) is 18.3 Å². The first-order valence-corrected chi connectivity index (χ1v) is 11.9. The monoisotopic (exact) mass is 426 g/mol. The molecule has 2 amide bonds. The van der Waals surface area contributed by atoms with E-state index in [2.05, 4.69) is 14.8 Å². The lowest BCUT2D eigenvalue weighted by atomic mass is 9.57. The Morgan fingerprint density at radius 1 is 1.03 bits per heavy atom. The van der Waals surface area contributed by atoms with Crippen LogP contribution >= 0.6 is 0 Å². The van der Waals surface area contributed by atoms with E-state index in [9.17, 15) is 9.59 Å². The van der Waals surface area contributed by atoms with E-state index in [0.29, 0.717) is 17.4 Å². The molecule has 5 rings (SSSR count). The fourth-order valence-electron chi connectivity index (χ4n) is 5.91. The van der Waals surface area contributed by atoms with Gasteiger partial charge in [-0.1, -0.05) is 6.42 Å². The third-order valence-electron chi connectivity index (χ3n) is 8.23. The molecule has 31 heavy (non-hydrogen) atoms. The third-order valence-corrected chi connectivity index (χ3v) is 8.23. The fourth-order valence-corrected chi connectivity index (χ4v) is 5.91. The van der Waals surface area contributed by atoms with Crippen LogP contribution in [0.3, 0.4) is 0 Å². The molecule has 7 heteroatoms. The van der Waals surface area contributed by atoms with Gasteiger partial charge in [-0.25, -0.2) is 4.98 Å². The van der Waals surface area contributed by atoms with Gasteiger partial charge in [0.2, 0.25) is 11.8 Å². The van der Waals surface area contributed by atoms with Crippen LogP contribution in [0, 0.1) is 11.3 Å². The van der Waals surface area contributed by atoms with E-state index < -0.39 is 0 Å². The fraction of sp³-hybridized carbons (Fsp3) is 0.708. The molecule has 2 saturated carbocycles. The van der Waals surface area contributed by atoms with Crippen molar-refractivity contribution in [2.45, 2.75) is 51.0 Å². The quantitative estimate of drug-likeness (QED) is 0.740. The Labute approximate surface area is 184 Å². The van der Waals surface area contributed by atoms with Crippen molar-refractivity contribution in [2.24, 2.45) is 11.3 Å². The highest BCUT2D eigenvalue weighted by Gasteiger charge is 2.50. The molecule has 2 aliphatic carbocycles. The minimum atomic E-state index is 0.0480. The van der Waals surface area contributed by atoms with E-state index in [1.165, 1.54) is 19.3 Å². The van der Waals surface area contributed by atoms with Crippen molar-refractivity contribution in [3.05, 3.63) is 23.9 Å². The minimum Gasteiger partial charge on any atom is -0.481 e. The molecule has 2 saturated heterocycles. The molecule has 1 aromatic rings. The molecule has 0 atom stereocenters. The van der Waals surface area contributed by atoms with Crippen LogP contribution in [0.4, 0.5) is 0 Å². The number of pyridine rings is 1. The number of carbonyl (C=O) groups excluding carboxylic acids is 2. The van der Waals surface area contributed by atoms with E-state index in [0.717, 1.165) is 71.0 Å². The van der Waals surface area contributed by atoms with Crippen molar-refractivity contribution < 1.29 is 14.3 Å². The number of methoxy groups -OCH3 is 1. The standard InChI is InChI=1S/C24H34N4O3/c1-31-21-15-18(5-8-25-21)22(29)27-9-6-24(7-10-27)16-19(17-24)23(30)28-13-11-26(12-14-28)20-3-2-4-20/h5,8,15,19-20H,2-4,6-7,9-14,16-17H2,1H3. The molecule has 1 aromatic heterocycles. The van der Waals surface area contributed by atoms with Gasteiger partial charge in [0.25, 0.3) is 5.91 Å². The number of rotatable bonds is 4. The number of nitrogens with zero attached hydrogens (tertiary/aromatic N) is 4. The van der Waals surface area contributed by atoms with Crippen molar-refractivity contribution in [3.8, 4) is 5.88 Å². The molecule has 0 N–H and O–H groups in total. The molecular formula is C24H34N4O3. The predicted octanol–water partition coefficient (Wildman–Crippen LogP) is 2.42. The lowest BCUT2D eigenvalue weighted by molar-refractivity contribution is -0.148. The van der Waals surface area contributed by atoms with Gasteiger partial charge in [-0.3, -0.25) is 14.5 Å². The number of piperazine rings is 1. The van der Waals surface area contributed by atoms with E-state index >= 15 is 0 Å². The molecule has 168 valence electrons. The van der Waals surface area contributed by atoms with Crippen LogP contribution in [-0.4, -0.2) is 83.9 Å². The first kappa shape index (κ1) is 20.7. The molecule has 0 unspecified atom stereocenters. The van der Waals surface area contributed by atoms with Gasteiger partial charge in [0.1, 0.15) is 0 Å². The van der Waals surface area contributed by atoms with Crippen molar-refractivity contribution in [1.82, 2.24) is 19.7 Å². The molecule has 4 aliphatic rings. The Morgan fingerprint density at radius 3 is 2.35 bits per heavy atom. The number of hydrogen-bond donors (Lipinski definition) is 0. The summed E-state index contributed by atoms with van der Waals surface area (Å²) in [7, 11) is 1.56. The minimum absolute atomic E-state index is 0.0480. The number of hydrogen-bond acceptors (Lipinski definition) is 5. The second-order valence-corrected chi connectivity index (χ2v) is 9.93. The van der Waals surface area contributed by atoms with Gasteiger partial charge in [0.05, 0.1) is 7.11 Å². The number of amides is 2. The zero-order valence-corrected chi connectivity index (χ0v) is 18.6. The number of aromatic nitrogens is 1. The number of carbonyl (C=O) groups is 2. The Balaban J connectivity index is 1.08. The summed E-state index contributed by atoms with van der Waals surface area (Å²) < 4.78 is 5.14. The van der Waals surface area contributed by atoms with E-state index in [4.69, 9.17) is 4.74 Å². The Bertz CT molecular complexity index is 816. The zero-order valence-electron chi connectivity index (χ0n) is 18.6. The summed E-state index contributed by atoms with van der Waals surface area (Å²) >= 11 is 0. The van der Waals surface area contributed by atoms with Gasteiger partial charge in [-0.05, 0) is 50.0 Å². The van der Waals surface area contributed by atoms with E-state index in [1.54, 1.807) is 25.4 Å².